The highest BCUT2D eigenvalue weighted by Crippen LogP contribution is 2.21. The first-order valence-corrected chi connectivity index (χ1v) is 5.44. The molecule has 4 nitrogen and oxygen atoms in total. The first kappa shape index (κ1) is 11.3. The number of aromatic nitrogens is 3. The van der Waals surface area contributed by atoms with E-state index in [1.807, 2.05) is 18.3 Å². The van der Waals surface area contributed by atoms with Gasteiger partial charge in [-0.2, -0.15) is 10.4 Å². The Bertz CT molecular complexity index is 570. The number of hydrogen-bond donors (Lipinski definition) is 0. The Morgan fingerprint density at radius 1 is 1.29 bits per heavy atom. The zero-order valence-electron chi connectivity index (χ0n) is 10.2. The van der Waals surface area contributed by atoms with Crippen molar-refractivity contribution in [2.24, 2.45) is 0 Å². The number of hydrogen-bond acceptors (Lipinski definition) is 3. The van der Waals surface area contributed by atoms with E-state index in [4.69, 9.17) is 5.26 Å². The molecule has 17 heavy (non-hydrogen) atoms. The molecule has 2 heterocycles. The fourth-order valence-electron chi connectivity index (χ4n) is 1.53. The zero-order valence-corrected chi connectivity index (χ0v) is 10.2. The summed E-state index contributed by atoms with van der Waals surface area (Å²) in [5, 5.41) is 13.5. The minimum atomic E-state index is 0.000263. The van der Waals surface area contributed by atoms with Crippen LogP contribution in [0.2, 0.25) is 0 Å². The summed E-state index contributed by atoms with van der Waals surface area (Å²) in [5.74, 6) is 0. The van der Waals surface area contributed by atoms with E-state index < -0.39 is 0 Å². The third-order valence-electron chi connectivity index (χ3n) is 2.50. The van der Waals surface area contributed by atoms with E-state index in [2.05, 4.69) is 36.9 Å². The third kappa shape index (κ3) is 2.18. The van der Waals surface area contributed by atoms with E-state index in [1.165, 1.54) is 0 Å². The molecule has 0 bridgehead atoms. The van der Waals surface area contributed by atoms with Crippen LogP contribution in [0.5, 0.6) is 0 Å². The van der Waals surface area contributed by atoms with Gasteiger partial charge in [0.2, 0.25) is 0 Å². The van der Waals surface area contributed by atoms with Crippen molar-refractivity contribution in [3.8, 4) is 11.8 Å². The van der Waals surface area contributed by atoms with E-state index in [0.29, 0.717) is 11.4 Å². The Kier molecular flexibility index (Phi) is 2.68. The maximum atomic E-state index is 8.99. The lowest BCUT2D eigenvalue weighted by atomic mass is 9.93. The summed E-state index contributed by atoms with van der Waals surface area (Å²) in [5.41, 5.74) is 2.09. The molecule has 0 saturated carbocycles. The predicted molar refractivity (Wildman–Crippen MR) is 64.8 cm³/mol. The standard InChI is InChI=1S/C13H14N4/c1-13(2,3)12-6-8-17(16-12)11-5-4-7-15-10(11)9-14/h4-8H,1-3H3. The molecule has 2 rings (SSSR count). The molecule has 2 aromatic rings. The monoisotopic (exact) mass is 226 g/mol. The zero-order chi connectivity index (χ0) is 12.5. The maximum Gasteiger partial charge on any atom is 0.166 e. The molecular weight excluding hydrogens is 212 g/mol. The Balaban J connectivity index is 2.49. The van der Waals surface area contributed by atoms with E-state index in [-0.39, 0.29) is 5.41 Å². The number of pyridine rings is 1. The fraction of sp³-hybridized carbons (Fsp3) is 0.308. The first-order chi connectivity index (χ1) is 8.02. The second-order valence-corrected chi connectivity index (χ2v) is 4.88. The van der Waals surface area contributed by atoms with E-state index in [1.54, 1.807) is 16.9 Å². The molecule has 0 spiro atoms. The van der Waals surface area contributed by atoms with Gasteiger partial charge < -0.3 is 0 Å². The quantitative estimate of drug-likeness (QED) is 0.750. The summed E-state index contributed by atoms with van der Waals surface area (Å²) in [6.45, 7) is 6.32. The number of rotatable bonds is 1. The van der Waals surface area contributed by atoms with Crippen LogP contribution in [0.3, 0.4) is 0 Å². The highest BCUT2D eigenvalue weighted by atomic mass is 15.3. The van der Waals surface area contributed by atoms with Gasteiger partial charge in [0.05, 0.1) is 5.69 Å². The van der Waals surface area contributed by atoms with E-state index in [9.17, 15) is 0 Å². The largest absolute Gasteiger partial charge is 0.243 e. The normalized spacial score (nSPS) is 11.2. The third-order valence-corrected chi connectivity index (χ3v) is 2.50. The Hall–Kier alpha value is -2.15. The molecule has 86 valence electrons. The van der Waals surface area contributed by atoms with Gasteiger partial charge in [0.15, 0.2) is 5.69 Å². The van der Waals surface area contributed by atoms with Crippen molar-refractivity contribution >= 4 is 0 Å². The lowest BCUT2D eigenvalue weighted by Crippen LogP contribution is -2.12. The molecular formula is C13H14N4. The average molecular weight is 226 g/mol. The summed E-state index contributed by atoms with van der Waals surface area (Å²) in [4.78, 5) is 4.02. The molecule has 0 atom stereocenters. The Morgan fingerprint density at radius 3 is 2.65 bits per heavy atom. The summed E-state index contributed by atoms with van der Waals surface area (Å²) < 4.78 is 1.70. The molecule has 0 amide bonds. The predicted octanol–water partition coefficient (Wildman–Crippen LogP) is 2.44. The number of nitrogens with zero attached hydrogens (tertiary/aromatic N) is 4. The molecule has 0 saturated heterocycles. The van der Waals surface area contributed by atoms with Crippen LogP contribution >= 0.6 is 0 Å². The first-order valence-electron chi connectivity index (χ1n) is 5.44. The SMILES string of the molecule is CC(C)(C)c1ccn(-c2cccnc2C#N)n1. The van der Waals surface area contributed by atoms with Gasteiger partial charge in [-0.1, -0.05) is 20.8 Å². The van der Waals surface area contributed by atoms with Crippen LogP contribution in [0.1, 0.15) is 32.2 Å². The van der Waals surface area contributed by atoms with E-state index in [0.717, 1.165) is 5.69 Å². The van der Waals surface area contributed by atoms with Crippen molar-refractivity contribution in [1.29, 1.82) is 5.26 Å². The lowest BCUT2D eigenvalue weighted by molar-refractivity contribution is 0.560. The summed E-state index contributed by atoms with van der Waals surface area (Å²) >= 11 is 0. The van der Waals surface area contributed by atoms with Gasteiger partial charge in [0, 0.05) is 17.8 Å². The molecule has 2 aromatic heterocycles. The van der Waals surface area contributed by atoms with Gasteiger partial charge in [-0.3, -0.25) is 0 Å². The highest BCUT2D eigenvalue weighted by Gasteiger charge is 2.17. The summed E-state index contributed by atoms with van der Waals surface area (Å²) in [6.07, 6.45) is 3.47. The molecule has 0 aliphatic rings. The van der Waals surface area contributed by atoms with Crippen LogP contribution in [0.4, 0.5) is 0 Å². The second-order valence-electron chi connectivity index (χ2n) is 4.88. The van der Waals surface area contributed by atoms with Gasteiger partial charge >= 0.3 is 0 Å². The van der Waals surface area contributed by atoms with Gasteiger partial charge in [0.25, 0.3) is 0 Å². The molecule has 0 fully saturated rings. The van der Waals surface area contributed by atoms with Crippen molar-refractivity contribution in [3.05, 3.63) is 42.0 Å². The van der Waals surface area contributed by atoms with Gasteiger partial charge in [-0.05, 0) is 18.2 Å². The highest BCUT2D eigenvalue weighted by molar-refractivity contribution is 5.43. The van der Waals surface area contributed by atoms with Crippen LogP contribution in [0.25, 0.3) is 5.69 Å². The van der Waals surface area contributed by atoms with Crippen LogP contribution in [-0.2, 0) is 5.41 Å². The smallest absolute Gasteiger partial charge is 0.166 e. The maximum absolute atomic E-state index is 8.99. The average Bonchev–Trinajstić information content (AvgIpc) is 2.77. The Morgan fingerprint density at radius 2 is 2.06 bits per heavy atom. The van der Waals surface area contributed by atoms with Crippen LogP contribution in [0, 0.1) is 11.3 Å². The van der Waals surface area contributed by atoms with Gasteiger partial charge in [-0.25, -0.2) is 9.67 Å². The number of nitriles is 1. The molecule has 0 radical (unpaired) electrons. The van der Waals surface area contributed by atoms with E-state index >= 15 is 0 Å². The van der Waals surface area contributed by atoms with Crippen molar-refractivity contribution in [3.63, 3.8) is 0 Å². The molecule has 0 N–H and O–H groups in total. The minimum Gasteiger partial charge on any atom is -0.243 e. The van der Waals surface area contributed by atoms with Crippen LogP contribution < -0.4 is 0 Å². The van der Waals surface area contributed by atoms with Crippen molar-refractivity contribution in [2.45, 2.75) is 26.2 Å². The van der Waals surface area contributed by atoms with Crippen molar-refractivity contribution in [1.82, 2.24) is 14.8 Å². The van der Waals surface area contributed by atoms with Crippen molar-refractivity contribution < 1.29 is 0 Å². The molecule has 0 aromatic carbocycles. The lowest BCUT2D eigenvalue weighted by Gasteiger charge is -2.14. The summed E-state index contributed by atoms with van der Waals surface area (Å²) in [6, 6.07) is 7.68. The molecule has 0 aliphatic carbocycles. The van der Waals surface area contributed by atoms with Gasteiger partial charge in [0.1, 0.15) is 11.8 Å². The Labute approximate surface area is 101 Å². The second kappa shape index (κ2) is 4.02. The van der Waals surface area contributed by atoms with Crippen LogP contribution in [-0.4, -0.2) is 14.8 Å². The van der Waals surface area contributed by atoms with Gasteiger partial charge in [-0.15, -0.1) is 0 Å². The fourth-order valence-corrected chi connectivity index (χ4v) is 1.53. The molecule has 4 heteroatoms. The molecule has 0 aliphatic heterocycles. The molecule has 0 unspecified atom stereocenters. The van der Waals surface area contributed by atoms with Crippen LogP contribution in [0.15, 0.2) is 30.6 Å². The summed E-state index contributed by atoms with van der Waals surface area (Å²) in [7, 11) is 0. The van der Waals surface area contributed by atoms with Crippen molar-refractivity contribution in [2.75, 3.05) is 0 Å². The minimum absolute atomic E-state index is 0.000263. The topological polar surface area (TPSA) is 54.5 Å².